The average molecular weight is 389 g/mol. The van der Waals surface area contributed by atoms with Crippen molar-refractivity contribution >= 4 is 39.1 Å². The molecule has 0 radical (unpaired) electrons. The van der Waals surface area contributed by atoms with E-state index in [0.29, 0.717) is 17.1 Å². The molecular weight excluding hydrogens is 373 g/mol. The van der Waals surface area contributed by atoms with Crippen LogP contribution in [0.4, 0.5) is 0 Å². The molecule has 5 heteroatoms. The summed E-state index contributed by atoms with van der Waals surface area (Å²) in [6, 6.07) is 11.7. The summed E-state index contributed by atoms with van der Waals surface area (Å²) >= 11 is 15.3. The molecule has 0 aliphatic rings. The van der Waals surface area contributed by atoms with E-state index in [1.165, 1.54) is 11.6 Å². The molecule has 112 valence electrons. The number of hydrogen-bond acceptors (Lipinski definition) is 2. The zero-order valence-electron chi connectivity index (χ0n) is 11.5. The molecule has 0 spiro atoms. The first-order chi connectivity index (χ1) is 10.0. The maximum atomic E-state index is 9.98. The normalized spacial score (nSPS) is 12.4. The summed E-state index contributed by atoms with van der Waals surface area (Å²) in [5, 5.41) is 14.2. The van der Waals surface area contributed by atoms with Crippen molar-refractivity contribution in [3.8, 4) is 5.75 Å². The highest BCUT2D eigenvalue weighted by molar-refractivity contribution is 9.10. The lowest BCUT2D eigenvalue weighted by Gasteiger charge is -2.18. The molecule has 0 fully saturated rings. The summed E-state index contributed by atoms with van der Waals surface area (Å²) in [5.41, 5.74) is 1.90. The first-order valence-corrected chi connectivity index (χ1v) is 8.22. The van der Waals surface area contributed by atoms with Crippen LogP contribution in [0.1, 0.15) is 30.5 Å². The highest BCUT2D eigenvalue weighted by Gasteiger charge is 2.12. The Bertz CT molecular complexity index is 616. The van der Waals surface area contributed by atoms with Crippen LogP contribution in [0, 0.1) is 0 Å². The van der Waals surface area contributed by atoms with Crippen LogP contribution in [-0.2, 0) is 6.54 Å². The quantitative estimate of drug-likeness (QED) is 0.688. The van der Waals surface area contributed by atoms with Gasteiger partial charge in [0.05, 0.1) is 5.02 Å². The fraction of sp³-hybridized carbons (Fsp3) is 0.250. The molecule has 0 bridgehead atoms. The lowest BCUT2D eigenvalue weighted by Crippen LogP contribution is -2.20. The maximum absolute atomic E-state index is 9.98. The van der Waals surface area contributed by atoms with Gasteiger partial charge in [0.25, 0.3) is 0 Å². The van der Waals surface area contributed by atoms with Gasteiger partial charge in [-0.2, -0.15) is 0 Å². The van der Waals surface area contributed by atoms with Crippen LogP contribution in [-0.4, -0.2) is 5.11 Å². The van der Waals surface area contributed by atoms with Crippen LogP contribution in [0.15, 0.2) is 40.9 Å². The second-order valence-electron chi connectivity index (χ2n) is 4.79. The van der Waals surface area contributed by atoms with Gasteiger partial charge in [0, 0.05) is 27.6 Å². The number of phenols is 1. The molecule has 2 rings (SSSR count). The van der Waals surface area contributed by atoms with Gasteiger partial charge in [-0.25, -0.2) is 0 Å². The predicted octanol–water partition coefficient (Wildman–Crippen LogP) is 5.70. The molecule has 0 amide bonds. The van der Waals surface area contributed by atoms with Gasteiger partial charge < -0.3 is 10.4 Å². The van der Waals surface area contributed by atoms with Crippen LogP contribution >= 0.6 is 39.1 Å². The number of phenolic OH excluding ortho intramolecular Hbond substituents is 1. The van der Waals surface area contributed by atoms with Gasteiger partial charge in [0.1, 0.15) is 5.75 Å². The van der Waals surface area contributed by atoms with Crippen molar-refractivity contribution in [3.05, 3.63) is 62.0 Å². The Kier molecular flexibility index (Phi) is 5.94. The molecule has 2 N–H and O–H groups in total. The van der Waals surface area contributed by atoms with E-state index in [4.69, 9.17) is 23.2 Å². The summed E-state index contributed by atoms with van der Waals surface area (Å²) in [4.78, 5) is 0. The third kappa shape index (κ3) is 4.36. The van der Waals surface area contributed by atoms with Crippen molar-refractivity contribution in [3.63, 3.8) is 0 Å². The smallest absolute Gasteiger partial charge is 0.138 e. The van der Waals surface area contributed by atoms with Crippen molar-refractivity contribution in [2.45, 2.75) is 25.9 Å². The standard InChI is InChI=1S/C16H16BrCl2NO/c1-2-15(10-3-5-12(17)6-4-10)20-9-11-7-13(18)8-14(19)16(11)21/h3-8,15,20-21H,2,9H2,1H3. The number of hydrogen-bond donors (Lipinski definition) is 2. The molecule has 2 nitrogen and oxygen atoms in total. The zero-order chi connectivity index (χ0) is 15.4. The molecule has 1 unspecified atom stereocenters. The summed E-state index contributed by atoms with van der Waals surface area (Å²) in [5.74, 6) is 0.0826. The monoisotopic (exact) mass is 387 g/mol. The van der Waals surface area contributed by atoms with Gasteiger partial charge in [-0.1, -0.05) is 58.2 Å². The first-order valence-electron chi connectivity index (χ1n) is 6.67. The summed E-state index contributed by atoms with van der Waals surface area (Å²) in [6.07, 6.45) is 0.941. The summed E-state index contributed by atoms with van der Waals surface area (Å²) in [7, 11) is 0. The second-order valence-corrected chi connectivity index (χ2v) is 6.55. The van der Waals surface area contributed by atoms with E-state index >= 15 is 0 Å². The first kappa shape index (κ1) is 16.6. The molecule has 0 aliphatic heterocycles. The summed E-state index contributed by atoms with van der Waals surface area (Å²) in [6.45, 7) is 2.62. The largest absolute Gasteiger partial charge is 0.506 e. The molecule has 0 aliphatic carbocycles. The van der Waals surface area contributed by atoms with Gasteiger partial charge in [0.15, 0.2) is 0 Å². The minimum absolute atomic E-state index is 0.0826. The zero-order valence-corrected chi connectivity index (χ0v) is 14.6. The Morgan fingerprint density at radius 2 is 1.86 bits per heavy atom. The number of benzene rings is 2. The van der Waals surface area contributed by atoms with E-state index < -0.39 is 0 Å². The highest BCUT2D eigenvalue weighted by Crippen LogP contribution is 2.31. The van der Waals surface area contributed by atoms with Crippen molar-refractivity contribution in [2.75, 3.05) is 0 Å². The number of halogens is 3. The lowest BCUT2D eigenvalue weighted by atomic mass is 10.0. The van der Waals surface area contributed by atoms with Gasteiger partial charge in [0.2, 0.25) is 0 Å². The van der Waals surface area contributed by atoms with Crippen molar-refractivity contribution < 1.29 is 5.11 Å². The maximum Gasteiger partial charge on any atom is 0.138 e. The van der Waals surface area contributed by atoms with Crippen molar-refractivity contribution in [2.24, 2.45) is 0 Å². The van der Waals surface area contributed by atoms with Gasteiger partial charge >= 0.3 is 0 Å². The van der Waals surface area contributed by atoms with Gasteiger partial charge in [-0.3, -0.25) is 0 Å². The Labute approximate surface area is 143 Å². The van der Waals surface area contributed by atoms with Crippen LogP contribution in [0.2, 0.25) is 10.0 Å². The number of aromatic hydroxyl groups is 1. The summed E-state index contributed by atoms with van der Waals surface area (Å²) < 4.78 is 1.06. The number of rotatable bonds is 5. The molecule has 21 heavy (non-hydrogen) atoms. The van der Waals surface area contributed by atoms with Gasteiger partial charge in [-0.05, 0) is 36.2 Å². The Morgan fingerprint density at radius 1 is 1.19 bits per heavy atom. The topological polar surface area (TPSA) is 32.3 Å². The van der Waals surface area contributed by atoms with E-state index in [0.717, 1.165) is 10.9 Å². The fourth-order valence-corrected chi connectivity index (χ4v) is 2.98. The van der Waals surface area contributed by atoms with E-state index in [1.54, 1.807) is 6.07 Å². The average Bonchev–Trinajstić information content (AvgIpc) is 2.46. The van der Waals surface area contributed by atoms with Crippen LogP contribution in [0.25, 0.3) is 0 Å². The van der Waals surface area contributed by atoms with Crippen molar-refractivity contribution in [1.29, 1.82) is 0 Å². The predicted molar refractivity (Wildman–Crippen MR) is 92.1 cm³/mol. The Morgan fingerprint density at radius 3 is 2.48 bits per heavy atom. The third-order valence-corrected chi connectivity index (χ3v) is 4.36. The molecule has 1 atom stereocenters. The second kappa shape index (κ2) is 7.50. The van der Waals surface area contributed by atoms with Crippen molar-refractivity contribution in [1.82, 2.24) is 5.32 Å². The third-order valence-electron chi connectivity index (χ3n) is 3.33. The fourth-order valence-electron chi connectivity index (χ4n) is 2.18. The highest BCUT2D eigenvalue weighted by atomic mass is 79.9. The molecule has 0 saturated heterocycles. The minimum Gasteiger partial charge on any atom is -0.506 e. The Hall–Kier alpha value is -0.740. The molecular formula is C16H16BrCl2NO. The van der Waals surface area contributed by atoms with Gasteiger partial charge in [-0.15, -0.1) is 0 Å². The van der Waals surface area contributed by atoms with E-state index in [1.807, 2.05) is 12.1 Å². The van der Waals surface area contributed by atoms with Crippen LogP contribution in [0.5, 0.6) is 5.75 Å². The SMILES string of the molecule is CCC(NCc1cc(Cl)cc(Cl)c1O)c1ccc(Br)cc1. The molecule has 0 saturated carbocycles. The van der Waals surface area contributed by atoms with E-state index in [2.05, 4.69) is 40.3 Å². The van der Waals surface area contributed by atoms with E-state index in [9.17, 15) is 5.11 Å². The molecule has 0 aromatic heterocycles. The molecule has 2 aromatic rings. The Balaban J connectivity index is 2.12. The molecule has 0 heterocycles. The minimum atomic E-state index is 0.0826. The van der Waals surface area contributed by atoms with E-state index in [-0.39, 0.29) is 16.8 Å². The lowest BCUT2D eigenvalue weighted by molar-refractivity contribution is 0.455. The van der Waals surface area contributed by atoms with Crippen LogP contribution < -0.4 is 5.32 Å². The molecule has 2 aromatic carbocycles. The van der Waals surface area contributed by atoms with Crippen LogP contribution in [0.3, 0.4) is 0 Å². The number of nitrogens with one attached hydrogen (secondary N) is 1.